The maximum atomic E-state index is 13.5. The van der Waals surface area contributed by atoms with Crippen LogP contribution in [0.1, 0.15) is 60.5 Å². The van der Waals surface area contributed by atoms with Crippen molar-refractivity contribution in [1.82, 2.24) is 14.8 Å². The summed E-state index contributed by atoms with van der Waals surface area (Å²) in [6.07, 6.45) is 4.30. The van der Waals surface area contributed by atoms with Gasteiger partial charge in [0.25, 0.3) is 0 Å². The summed E-state index contributed by atoms with van der Waals surface area (Å²) in [5.41, 5.74) is 1.93. The Balaban J connectivity index is 2.26. The normalized spacial score (nSPS) is 15.1. The third-order valence-corrected chi connectivity index (χ3v) is 7.15. The molecule has 0 unspecified atom stereocenters. The molecule has 0 saturated carbocycles. The van der Waals surface area contributed by atoms with E-state index >= 15 is 0 Å². The van der Waals surface area contributed by atoms with Crippen LogP contribution in [0.3, 0.4) is 0 Å². The van der Waals surface area contributed by atoms with Crippen LogP contribution in [0.4, 0.5) is 0 Å². The number of carbonyl (C=O) groups excluding carboxylic acids is 2. The average molecular weight is 484 g/mol. The van der Waals surface area contributed by atoms with Crippen molar-refractivity contribution in [2.24, 2.45) is 18.9 Å². The van der Waals surface area contributed by atoms with E-state index in [9.17, 15) is 19.5 Å². The van der Waals surface area contributed by atoms with Gasteiger partial charge in [-0.15, -0.1) is 0 Å². The third kappa shape index (κ3) is 5.95. The van der Waals surface area contributed by atoms with E-state index in [-0.39, 0.29) is 29.2 Å². The van der Waals surface area contributed by atoms with Crippen LogP contribution < -0.4 is 5.32 Å². The number of rotatable bonds is 10. The number of carboxylic acids is 1. The molecule has 2 rings (SSSR count). The van der Waals surface area contributed by atoms with Gasteiger partial charge in [0.15, 0.2) is 0 Å². The second-order valence-electron chi connectivity index (χ2n) is 10.4. The number of nitrogens with zero attached hydrogens (tertiary/aromatic N) is 2. The maximum Gasteiger partial charge on any atom is 0.331 e. The fourth-order valence-corrected chi connectivity index (χ4v) is 4.97. The first-order chi connectivity index (χ1) is 16.2. The molecule has 0 spiro atoms. The predicted octanol–water partition coefficient (Wildman–Crippen LogP) is 4.50. The van der Waals surface area contributed by atoms with E-state index in [2.05, 4.69) is 42.1 Å². The topological polar surface area (TPSA) is 91.6 Å². The van der Waals surface area contributed by atoms with Gasteiger partial charge in [-0.2, -0.15) is 0 Å². The fraction of sp³-hybridized carbons (Fsp3) is 0.536. The highest BCUT2D eigenvalue weighted by atomic mass is 16.4. The molecule has 2 aromatic rings. The van der Waals surface area contributed by atoms with Gasteiger partial charge in [0.1, 0.15) is 6.04 Å². The molecular formula is C28H41N3O4. The maximum absolute atomic E-state index is 13.5. The Morgan fingerprint density at radius 2 is 1.77 bits per heavy atom. The monoisotopic (exact) mass is 483 g/mol. The molecule has 35 heavy (non-hydrogen) atoms. The zero-order valence-electron chi connectivity index (χ0n) is 22.5. The lowest BCUT2D eigenvalue weighted by molar-refractivity contribution is -0.138. The standard InChI is InChI=1S/C28H41N3O4/c1-10-21(28(6,7)22-16-30(8)23-14-12-11-13-20(22)23)25(32)29-19(5)26(33)31(9)24(17(2)3)15-18(4)27(34)35/h11-17,19,21,24H,10H2,1-9H3,(H,29,32)(H,34,35)/b18-15+/t19-,21+,24+/m0/s1. The largest absolute Gasteiger partial charge is 0.478 e. The van der Waals surface area contributed by atoms with Crippen LogP contribution in [-0.2, 0) is 26.8 Å². The van der Waals surface area contributed by atoms with Crippen molar-refractivity contribution in [3.05, 3.63) is 47.7 Å². The van der Waals surface area contributed by atoms with Crippen LogP contribution in [0.25, 0.3) is 10.9 Å². The molecular weight excluding hydrogens is 442 g/mol. The SMILES string of the molecule is CC[C@H](C(=O)N[C@@H](C)C(=O)N(C)[C@H](/C=C(\C)C(=O)O)C(C)C)C(C)(C)c1cn(C)c2ccccc12. The summed E-state index contributed by atoms with van der Waals surface area (Å²) in [7, 11) is 3.66. The molecule has 7 heteroatoms. The first kappa shape index (κ1) is 28.1. The highest BCUT2D eigenvalue weighted by Gasteiger charge is 2.38. The number of fused-ring (bicyclic) bond motifs is 1. The molecule has 7 nitrogen and oxygen atoms in total. The molecule has 1 aromatic heterocycles. The molecule has 192 valence electrons. The summed E-state index contributed by atoms with van der Waals surface area (Å²) in [6.45, 7) is 13.2. The molecule has 1 heterocycles. The second kappa shape index (κ2) is 11.1. The van der Waals surface area contributed by atoms with Crippen molar-refractivity contribution in [1.29, 1.82) is 0 Å². The van der Waals surface area contributed by atoms with E-state index in [1.54, 1.807) is 20.0 Å². The number of benzene rings is 1. The van der Waals surface area contributed by atoms with Crippen molar-refractivity contribution in [2.45, 2.75) is 72.4 Å². The number of hydrogen-bond acceptors (Lipinski definition) is 3. The number of likely N-dealkylation sites (N-methyl/N-ethyl adjacent to an activating group) is 1. The number of amides is 2. The Morgan fingerprint density at radius 3 is 2.31 bits per heavy atom. The van der Waals surface area contributed by atoms with Crippen LogP contribution >= 0.6 is 0 Å². The summed E-state index contributed by atoms with van der Waals surface area (Å²) in [6, 6.07) is 7.02. The van der Waals surface area contributed by atoms with Gasteiger partial charge in [-0.1, -0.05) is 58.9 Å². The smallest absolute Gasteiger partial charge is 0.331 e. The third-order valence-electron chi connectivity index (χ3n) is 7.15. The predicted molar refractivity (Wildman–Crippen MR) is 140 cm³/mol. The molecule has 0 fully saturated rings. The molecule has 0 aliphatic rings. The Kier molecular flexibility index (Phi) is 8.93. The zero-order valence-corrected chi connectivity index (χ0v) is 22.5. The van der Waals surface area contributed by atoms with Crippen molar-refractivity contribution >= 4 is 28.7 Å². The lowest BCUT2D eigenvalue weighted by Crippen LogP contribution is -2.52. The Morgan fingerprint density at radius 1 is 1.17 bits per heavy atom. The molecule has 0 aliphatic heterocycles. The summed E-state index contributed by atoms with van der Waals surface area (Å²) >= 11 is 0. The van der Waals surface area contributed by atoms with E-state index in [0.717, 1.165) is 16.5 Å². The van der Waals surface area contributed by atoms with Gasteiger partial charge in [0.05, 0.1) is 6.04 Å². The second-order valence-corrected chi connectivity index (χ2v) is 10.4. The zero-order chi connectivity index (χ0) is 26.7. The minimum Gasteiger partial charge on any atom is -0.478 e. The molecule has 0 bridgehead atoms. The summed E-state index contributed by atoms with van der Waals surface area (Å²) in [5, 5.41) is 13.3. The molecule has 3 atom stereocenters. The number of hydrogen-bond donors (Lipinski definition) is 2. The molecule has 0 aliphatic carbocycles. The Bertz CT molecular complexity index is 1110. The number of para-hydroxylation sites is 1. The van der Waals surface area contributed by atoms with Gasteiger partial charge in [0.2, 0.25) is 11.8 Å². The summed E-state index contributed by atoms with van der Waals surface area (Å²) in [4.78, 5) is 39.5. The van der Waals surface area contributed by atoms with E-state index in [4.69, 9.17) is 0 Å². The van der Waals surface area contributed by atoms with E-state index in [1.807, 2.05) is 40.0 Å². The summed E-state index contributed by atoms with van der Waals surface area (Å²) in [5.74, 6) is -1.78. The van der Waals surface area contributed by atoms with Crippen LogP contribution in [0.15, 0.2) is 42.1 Å². The van der Waals surface area contributed by atoms with Gasteiger partial charge >= 0.3 is 5.97 Å². The van der Waals surface area contributed by atoms with Gasteiger partial charge in [-0.25, -0.2) is 4.79 Å². The van der Waals surface area contributed by atoms with Crippen LogP contribution in [0.5, 0.6) is 0 Å². The van der Waals surface area contributed by atoms with Gasteiger partial charge in [-0.05, 0) is 37.8 Å². The van der Waals surface area contributed by atoms with E-state index in [0.29, 0.717) is 6.42 Å². The van der Waals surface area contributed by atoms with Crippen LogP contribution in [-0.4, -0.2) is 51.5 Å². The molecule has 1 aromatic carbocycles. The van der Waals surface area contributed by atoms with Gasteiger partial charge < -0.3 is 19.9 Å². The minimum atomic E-state index is -1.01. The van der Waals surface area contributed by atoms with Crippen molar-refractivity contribution < 1.29 is 19.5 Å². The number of aryl methyl sites for hydroxylation is 1. The summed E-state index contributed by atoms with van der Waals surface area (Å²) < 4.78 is 2.08. The molecule has 2 amide bonds. The van der Waals surface area contributed by atoms with Crippen LogP contribution in [0.2, 0.25) is 0 Å². The average Bonchev–Trinajstić information content (AvgIpc) is 3.13. The molecule has 0 saturated heterocycles. The van der Waals surface area contributed by atoms with Crippen LogP contribution in [0, 0.1) is 11.8 Å². The number of carboxylic acid groups (broad SMARTS) is 1. The lowest BCUT2D eigenvalue weighted by Gasteiger charge is -2.35. The van der Waals surface area contributed by atoms with Crippen molar-refractivity contribution in [2.75, 3.05) is 7.05 Å². The Hall–Kier alpha value is -3.09. The molecule has 0 radical (unpaired) electrons. The van der Waals surface area contributed by atoms with Gasteiger partial charge in [-0.3, -0.25) is 9.59 Å². The first-order valence-corrected chi connectivity index (χ1v) is 12.3. The van der Waals surface area contributed by atoms with Gasteiger partial charge in [0, 0.05) is 48.1 Å². The Labute approximate surface area is 209 Å². The first-order valence-electron chi connectivity index (χ1n) is 12.3. The lowest BCUT2D eigenvalue weighted by atomic mass is 9.71. The highest BCUT2D eigenvalue weighted by Crippen LogP contribution is 2.39. The van der Waals surface area contributed by atoms with Crippen molar-refractivity contribution in [3.63, 3.8) is 0 Å². The van der Waals surface area contributed by atoms with Crippen molar-refractivity contribution in [3.8, 4) is 0 Å². The number of aliphatic carboxylic acids is 1. The number of carbonyl (C=O) groups is 3. The minimum absolute atomic E-state index is 0.00911. The quantitative estimate of drug-likeness (QED) is 0.487. The molecule has 2 N–H and O–H groups in total. The number of nitrogens with one attached hydrogen (secondary N) is 1. The number of aromatic nitrogens is 1. The highest BCUT2D eigenvalue weighted by molar-refractivity contribution is 5.91. The fourth-order valence-electron chi connectivity index (χ4n) is 4.97. The van der Waals surface area contributed by atoms with E-state index < -0.39 is 23.5 Å². The van der Waals surface area contributed by atoms with E-state index in [1.165, 1.54) is 11.8 Å².